The van der Waals surface area contributed by atoms with Gasteiger partial charge in [0, 0.05) is 42.7 Å². The first-order valence-corrected chi connectivity index (χ1v) is 9.40. The molecule has 1 unspecified atom stereocenters. The van der Waals surface area contributed by atoms with Gasteiger partial charge in [-0.1, -0.05) is 42.0 Å². The normalized spacial score (nSPS) is 11.5. The quantitative estimate of drug-likeness (QED) is 0.578. The van der Waals surface area contributed by atoms with Crippen LogP contribution < -0.4 is 16.4 Å². The third-order valence-corrected chi connectivity index (χ3v) is 4.55. The van der Waals surface area contributed by atoms with Gasteiger partial charge in [0.05, 0.1) is 0 Å². The van der Waals surface area contributed by atoms with E-state index >= 15 is 0 Å². The van der Waals surface area contributed by atoms with Crippen LogP contribution in [0.15, 0.2) is 73.1 Å². The number of rotatable bonds is 7. The maximum atomic E-state index is 12.3. The lowest BCUT2D eigenvalue weighted by atomic mass is 10.0. The molecule has 1 heterocycles. The molecule has 3 aromatic rings. The van der Waals surface area contributed by atoms with Gasteiger partial charge in [0.15, 0.2) is 0 Å². The number of hydrogen-bond donors (Lipinski definition) is 3. The Balaban J connectivity index is 1.51. The number of aryl methyl sites for hydroxylation is 1. The number of nitrogens with one attached hydrogen (secondary N) is 2. The average molecular weight is 388 g/mol. The minimum Gasteiger partial charge on any atom is -0.352 e. The van der Waals surface area contributed by atoms with Crippen molar-refractivity contribution in [2.75, 3.05) is 5.32 Å². The van der Waals surface area contributed by atoms with Gasteiger partial charge in [-0.2, -0.15) is 0 Å². The van der Waals surface area contributed by atoms with Gasteiger partial charge in [-0.05, 0) is 42.3 Å². The summed E-state index contributed by atoms with van der Waals surface area (Å²) in [5.74, 6) is -0.329. The highest BCUT2D eigenvalue weighted by Crippen LogP contribution is 2.16. The zero-order valence-corrected chi connectivity index (χ0v) is 16.3. The van der Waals surface area contributed by atoms with Gasteiger partial charge < -0.3 is 16.4 Å². The molecule has 0 aliphatic heterocycles. The second-order valence-electron chi connectivity index (χ2n) is 6.88. The van der Waals surface area contributed by atoms with E-state index in [0.717, 1.165) is 11.1 Å². The Morgan fingerprint density at radius 1 is 0.966 bits per heavy atom. The molecule has 0 aliphatic rings. The van der Waals surface area contributed by atoms with Crippen molar-refractivity contribution >= 4 is 17.5 Å². The van der Waals surface area contributed by atoms with Crippen LogP contribution in [0.3, 0.4) is 0 Å². The van der Waals surface area contributed by atoms with Crippen LogP contribution in [-0.4, -0.2) is 16.8 Å². The smallest absolute Gasteiger partial charge is 0.255 e. The SMILES string of the molecule is Cc1ccc(CNC(=O)CC(N)c2ccc(C(=O)Nc3ccncc3)cc2)cc1. The summed E-state index contributed by atoms with van der Waals surface area (Å²) in [5.41, 5.74) is 10.4. The van der Waals surface area contributed by atoms with E-state index in [1.165, 1.54) is 5.56 Å². The number of nitrogens with zero attached hydrogens (tertiary/aromatic N) is 1. The predicted molar refractivity (Wildman–Crippen MR) is 113 cm³/mol. The van der Waals surface area contributed by atoms with Crippen molar-refractivity contribution in [1.29, 1.82) is 0 Å². The van der Waals surface area contributed by atoms with E-state index in [9.17, 15) is 9.59 Å². The molecule has 148 valence electrons. The van der Waals surface area contributed by atoms with Gasteiger partial charge in [0.25, 0.3) is 5.91 Å². The summed E-state index contributed by atoms with van der Waals surface area (Å²) in [6.07, 6.45) is 3.40. The predicted octanol–water partition coefficient (Wildman–Crippen LogP) is 3.35. The standard InChI is InChI=1S/C23H24N4O2/c1-16-2-4-17(5-3-16)15-26-22(28)14-21(24)18-6-8-19(9-7-18)23(29)27-20-10-12-25-13-11-20/h2-13,21H,14-15,24H2,1H3,(H,26,28)(H,25,27,29). The Bertz CT molecular complexity index is 954. The molecule has 0 saturated heterocycles. The molecule has 4 N–H and O–H groups in total. The van der Waals surface area contributed by atoms with Crippen molar-refractivity contribution in [3.63, 3.8) is 0 Å². The molecule has 0 saturated carbocycles. The molecule has 0 radical (unpaired) electrons. The summed E-state index contributed by atoms with van der Waals surface area (Å²) in [6.45, 7) is 2.50. The van der Waals surface area contributed by atoms with E-state index in [0.29, 0.717) is 17.8 Å². The van der Waals surface area contributed by atoms with Crippen LogP contribution in [0.1, 0.15) is 39.5 Å². The molecule has 6 heteroatoms. The summed E-state index contributed by atoms with van der Waals surface area (Å²) in [7, 11) is 0. The van der Waals surface area contributed by atoms with Crippen LogP contribution >= 0.6 is 0 Å². The topological polar surface area (TPSA) is 97.1 Å². The largest absolute Gasteiger partial charge is 0.352 e. The van der Waals surface area contributed by atoms with Crippen LogP contribution in [0.5, 0.6) is 0 Å². The molecule has 0 spiro atoms. The van der Waals surface area contributed by atoms with Gasteiger partial charge in [-0.3, -0.25) is 14.6 Å². The van der Waals surface area contributed by atoms with E-state index < -0.39 is 6.04 Å². The Kier molecular flexibility index (Phi) is 6.71. The zero-order valence-electron chi connectivity index (χ0n) is 16.3. The highest BCUT2D eigenvalue weighted by molar-refractivity contribution is 6.04. The first kappa shape index (κ1) is 20.2. The van der Waals surface area contributed by atoms with Gasteiger partial charge in [-0.15, -0.1) is 0 Å². The van der Waals surface area contributed by atoms with Crippen molar-refractivity contribution in [3.8, 4) is 0 Å². The van der Waals surface area contributed by atoms with Gasteiger partial charge in [0.2, 0.25) is 5.91 Å². The molecular weight excluding hydrogens is 364 g/mol. The van der Waals surface area contributed by atoms with Gasteiger partial charge in [0.1, 0.15) is 0 Å². The molecule has 3 rings (SSSR count). The van der Waals surface area contributed by atoms with Crippen molar-refractivity contribution in [3.05, 3.63) is 95.3 Å². The Morgan fingerprint density at radius 3 is 2.28 bits per heavy atom. The minimum absolute atomic E-state index is 0.113. The first-order valence-electron chi connectivity index (χ1n) is 9.40. The molecule has 2 amide bonds. The van der Waals surface area contributed by atoms with Gasteiger partial charge >= 0.3 is 0 Å². The van der Waals surface area contributed by atoms with E-state index in [-0.39, 0.29) is 18.2 Å². The number of nitrogens with two attached hydrogens (primary N) is 1. The molecule has 6 nitrogen and oxygen atoms in total. The summed E-state index contributed by atoms with van der Waals surface area (Å²) in [5, 5.41) is 5.69. The van der Waals surface area contributed by atoms with E-state index in [1.54, 1.807) is 48.8 Å². The third-order valence-electron chi connectivity index (χ3n) is 4.55. The maximum Gasteiger partial charge on any atom is 0.255 e. The molecule has 0 bridgehead atoms. The molecule has 0 fully saturated rings. The van der Waals surface area contributed by atoms with E-state index in [4.69, 9.17) is 5.73 Å². The molecule has 2 aromatic carbocycles. The van der Waals surface area contributed by atoms with Gasteiger partial charge in [-0.25, -0.2) is 0 Å². The molecule has 1 aromatic heterocycles. The fraction of sp³-hybridized carbons (Fsp3) is 0.174. The van der Waals surface area contributed by atoms with Crippen molar-refractivity contribution in [2.24, 2.45) is 5.73 Å². The third kappa shape index (κ3) is 5.99. The van der Waals surface area contributed by atoms with Crippen LogP contribution in [0.25, 0.3) is 0 Å². The Labute approximate surface area is 170 Å². The fourth-order valence-electron chi connectivity index (χ4n) is 2.82. The van der Waals surface area contributed by atoms with Crippen LogP contribution in [-0.2, 0) is 11.3 Å². The minimum atomic E-state index is -0.440. The number of hydrogen-bond acceptors (Lipinski definition) is 4. The lowest BCUT2D eigenvalue weighted by molar-refractivity contribution is -0.121. The number of amides is 2. The zero-order chi connectivity index (χ0) is 20.6. The Morgan fingerprint density at radius 2 is 1.62 bits per heavy atom. The highest BCUT2D eigenvalue weighted by Gasteiger charge is 2.13. The second kappa shape index (κ2) is 9.61. The number of carbonyl (C=O) groups is 2. The van der Waals surface area contributed by atoms with E-state index in [2.05, 4.69) is 15.6 Å². The van der Waals surface area contributed by atoms with E-state index in [1.807, 2.05) is 31.2 Å². The van der Waals surface area contributed by atoms with Crippen molar-refractivity contribution in [2.45, 2.75) is 25.9 Å². The summed E-state index contributed by atoms with van der Waals surface area (Å²) < 4.78 is 0. The monoisotopic (exact) mass is 388 g/mol. The second-order valence-corrected chi connectivity index (χ2v) is 6.88. The number of carbonyl (C=O) groups excluding carboxylic acids is 2. The Hall–Kier alpha value is -3.51. The molecular formula is C23H24N4O2. The molecule has 29 heavy (non-hydrogen) atoms. The highest BCUT2D eigenvalue weighted by atomic mass is 16.2. The molecule has 1 atom stereocenters. The lowest BCUT2D eigenvalue weighted by Crippen LogP contribution is -2.27. The van der Waals surface area contributed by atoms with Crippen LogP contribution in [0.2, 0.25) is 0 Å². The van der Waals surface area contributed by atoms with Crippen molar-refractivity contribution < 1.29 is 9.59 Å². The number of anilines is 1. The summed E-state index contributed by atoms with van der Waals surface area (Å²) >= 11 is 0. The average Bonchev–Trinajstić information content (AvgIpc) is 2.74. The van der Waals surface area contributed by atoms with Crippen molar-refractivity contribution in [1.82, 2.24) is 10.3 Å². The summed E-state index contributed by atoms with van der Waals surface area (Å²) in [4.78, 5) is 28.4. The lowest BCUT2D eigenvalue weighted by Gasteiger charge is -2.13. The maximum absolute atomic E-state index is 12.3. The van der Waals surface area contributed by atoms with Crippen LogP contribution in [0.4, 0.5) is 5.69 Å². The first-order chi connectivity index (χ1) is 14.0. The number of pyridine rings is 1. The fourth-order valence-corrected chi connectivity index (χ4v) is 2.82. The van der Waals surface area contributed by atoms with Crippen LogP contribution in [0, 0.1) is 6.92 Å². The summed E-state index contributed by atoms with van der Waals surface area (Å²) in [6, 6.07) is 18.0. The number of benzene rings is 2. The number of aromatic nitrogens is 1. The molecule has 0 aliphatic carbocycles.